The molecule has 45 heavy (non-hydrogen) atoms. The second-order valence-corrected chi connectivity index (χ2v) is 14.4. The van der Waals surface area contributed by atoms with Crippen LogP contribution in [0, 0.1) is 6.92 Å². The maximum atomic E-state index is 13.6. The maximum Gasteiger partial charge on any atom is 0.320 e. The van der Waals surface area contributed by atoms with Gasteiger partial charge in [0.2, 0.25) is 10.0 Å². The van der Waals surface area contributed by atoms with Crippen LogP contribution in [0.5, 0.6) is 5.75 Å². The van der Waals surface area contributed by atoms with Crippen LogP contribution in [0.3, 0.4) is 0 Å². The number of methoxy groups -OCH3 is 1. The van der Waals surface area contributed by atoms with Crippen molar-refractivity contribution in [2.24, 2.45) is 18.6 Å². The molecule has 0 unspecified atom stereocenters. The summed E-state index contributed by atoms with van der Waals surface area (Å²) in [6.07, 6.45) is 4.47. The number of nitrogens with zero attached hydrogens (tertiary/aromatic N) is 2. The Morgan fingerprint density at radius 3 is 2.38 bits per heavy atom. The summed E-state index contributed by atoms with van der Waals surface area (Å²) >= 11 is 1.58. The number of aromatic nitrogens is 2. The van der Waals surface area contributed by atoms with Crippen LogP contribution in [0.1, 0.15) is 48.0 Å². The number of rotatable bonds is 10. The Hall–Kier alpha value is -4.46. The van der Waals surface area contributed by atoms with Crippen LogP contribution in [0.2, 0.25) is 0 Å². The van der Waals surface area contributed by atoms with E-state index in [2.05, 4.69) is 15.0 Å². The number of ether oxygens (including phenoxy) is 1. The van der Waals surface area contributed by atoms with Crippen molar-refractivity contribution in [1.82, 2.24) is 4.98 Å². The van der Waals surface area contributed by atoms with E-state index in [0.29, 0.717) is 22.6 Å². The molecule has 238 valence electrons. The van der Waals surface area contributed by atoms with Crippen LogP contribution in [-0.4, -0.2) is 32.7 Å². The van der Waals surface area contributed by atoms with E-state index in [-0.39, 0.29) is 16.9 Å². The lowest BCUT2D eigenvalue weighted by Gasteiger charge is -2.24. The number of amides is 1. The van der Waals surface area contributed by atoms with E-state index in [1.807, 2.05) is 75.8 Å². The first-order valence-electron chi connectivity index (χ1n) is 14.0. The predicted octanol–water partition coefficient (Wildman–Crippen LogP) is 4.87. The lowest BCUT2D eigenvalue weighted by molar-refractivity contribution is -0.710. The fraction of sp³-hybridized carbons (Fsp3) is 0.250. The first kappa shape index (κ1) is 33.4. The van der Waals surface area contributed by atoms with Gasteiger partial charge in [0.25, 0.3) is 5.91 Å². The van der Waals surface area contributed by atoms with Crippen LogP contribution < -0.4 is 35.9 Å². The minimum atomic E-state index is -3.62. The quantitative estimate of drug-likeness (QED) is 0.0924. The maximum absolute atomic E-state index is 13.6. The highest BCUT2D eigenvalue weighted by Crippen LogP contribution is 2.39. The molecule has 0 aliphatic rings. The second kappa shape index (κ2) is 13.3. The van der Waals surface area contributed by atoms with Gasteiger partial charge < -0.3 is 15.8 Å². The minimum absolute atomic E-state index is 0.189. The van der Waals surface area contributed by atoms with Gasteiger partial charge in [0.1, 0.15) is 11.9 Å². The Bertz CT molecular complexity index is 1850. The van der Waals surface area contributed by atoms with Crippen molar-refractivity contribution in [1.29, 1.82) is 0 Å². The van der Waals surface area contributed by atoms with Gasteiger partial charge in [0.05, 0.1) is 37.5 Å². The number of hydrogen-bond donors (Lipinski definition) is 5. The van der Waals surface area contributed by atoms with E-state index in [0.717, 1.165) is 33.1 Å². The number of benzene rings is 3. The SMILES string of the molecule is COc1c(NC(=O)c2ccc(C)c(N(N)C=C(N)c3c[nH]c(Sc4ccccc4)[n+]3C)c2)cc(C(C)(C)C)cc1NS(C)(=O)=O. The summed E-state index contributed by atoms with van der Waals surface area (Å²) in [7, 11) is -0.294. The van der Waals surface area contributed by atoms with Crippen molar-refractivity contribution >= 4 is 50.5 Å². The number of carbonyl (C=O) groups excluding carboxylic acids is 1. The van der Waals surface area contributed by atoms with Gasteiger partial charge in [0.15, 0.2) is 11.4 Å². The summed E-state index contributed by atoms with van der Waals surface area (Å²) in [4.78, 5) is 17.9. The average molecular weight is 651 g/mol. The summed E-state index contributed by atoms with van der Waals surface area (Å²) in [6, 6.07) is 18.6. The van der Waals surface area contributed by atoms with Crippen LogP contribution in [-0.2, 0) is 22.5 Å². The van der Waals surface area contributed by atoms with Crippen molar-refractivity contribution in [2.75, 3.05) is 28.4 Å². The number of imidazole rings is 1. The van der Waals surface area contributed by atoms with Gasteiger partial charge in [0, 0.05) is 16.7 Å². The Morgan fingerprint density at radius 2 is 1.76 bits per heavy atom. The van der Waals surface area contributed by atoms with E-state index in [4.69, 9.17) is 16.3 Å². The number of nitrogens with one attached hydrogen (secondary N) is 3. The normalized spacial score (nSPS) is 12.1. The molecule has 3 aromatic carbocycles. The summed E-state index contributed by atoms with van der Waals surface area (Å²) in [5.74, 6) is 6.22. The van der Waals surface area contributed by atoms with Crippen molar-refractivity contribution in [3.8, 4) is 5.75 Å². The molecule has 13 heteroatoms. The molecule has 0 saturated heterocycles. The zero-order chi connectivity index (χ0) is 33.1. The van der Waals surface area contributed by atoms with Gasteiger partial charge in [-0.1, -0.05) is 45.0 Å². The van der Waals surface area contributed by atoms with Crippen molar-refractivity contribution in [3.63, 3.8) is 0 Å². The number of nitrogens with two attached hydrogens (primary N) is 2. The van der Waals surface area contributed by atoms with Crippen molar-refractivity contribution < 1.29 is 22.5 Å². The van der Waals surface area contributed by atoms with E-state index < -0.39 is 15.9 Å². The zero-order valence-corrected chi connectivity index (χ0v) is 28.1. The van der Waals surface area contributed by atoms with Gasteiger partial charge in [-0.25, -0.2) is 23.8 Å². The topological polar surface area (TPSA) is 159 Å². The third-order valence-electron chi connectivity index (χ3n) is 6.98. The Labute approximate surface area is 268 Å². The number of carbonyl (C=O) groups is 1. The monoisotopic (exact) mass is 650 g/mol. The second-order valence-electron chi connectivity index (χ2n) is 11.6. The molecule has 1 amide bonds. The van der Waals surface area contributed by atoms with Crippen molar-refractivity contribution in [3.05, 3.63) is 95.4 Å². The molecule has 4 aromatic rings. The average Bonchev–Trinajstić information content (AvgIpc) is 3.31. The summed E-state index contributed by atoms with van der Waals surface area (Å²) in [5.41, 5.74) is 10.3. The third-order valence-corrected chi connectivity index (χ3v) is 8.67. The highest BCUT2D eigenvalue weighted by atomic mass is 32.2. The van der Waals surface area contributed by atoms with E-state index in [1.54, 1.807) is 48.3 Å². The summed E-state index contributed by atoms with van der Waals surface area (Å²) < 4.78 is 34.2. The highest BCUT2D eigenvalue weighted by Gasteiger charge is 2.23. The number of hydrogen-bond acceptors (Lipinski definition) is 8. The number of aryl methyl sites for hydroxylation is 1. The molecule has 0 bridgehead atoms. The van der Waals surface area contributed by atoms with Gasteiger partial charge in [-0.15, -0.1) is 0 Å². The Morgan fingerprint density at radius 1 is 1.09 bits per heavy atom. The standard InChI is InChI=1S/C32H39N7O4S2/c1-20-13-14-21(30(40)36-25-16-22(32(2,3)4)17-26(29(25)43-6)37-45(7,41)42)15-27(20)39(34)19-24(33)28-18-35-31(38(28)5)44-23-11-9-8-10-12-23/h8-19,37H,33-34H2,1-7H3,(H,36,40)/p+1. The van der Waals surface area contributed by atoms with Crippen LogP contribution >= 0.6 is 11.8 Å². The Balaban J connectivity index is 1.62. The fourth-order valence-electron chi connectivity index (χ4n) is 4.57. The number of H-pyrrole nitrogens is 1. The van der Waals surface area contributed by atoms with Gasteiger partial charge in [-0.2, -0.15) is 0 Å². The van der Waals surface area contributed by atoms with E-state index >= 15 is 0 Å². The van der Waals surface area contributed by atoms with E-state index in [9.17, 15) is 13.2 Å². The summed E-state index contributed by atoms with van der Waals surface area (Å²) in [5, 5.41) is 5.17. The molecule has 0 aliphatic carbocycles. The molecule has 0 atom stereocenters. The molecule has 1 aromatic heterocycles. The molecule has 0 fully saturated rings. The predicted molar refractivity (Wildman–Crippen MR) is 181 cm³/mol. The van der Waals surface area contributed by atoms with Gasteiger partial charge in [-0.3, -0.25) is 14.5 Å². The van der Waals surface area contributed by atoms with Gasteiger partial charge in [-0.05, 0) is 71.6 Å². The minimum Gasteiger partial charge on any atom is -0.492 e. The molecule has 11 nitrogen and oxygen atoms in total. The third kappa shape index (κ3) is 8.18. The molecule has 4 rings (SSSR count). The number of aromatic amines is 1. The van der Waals surface area contributed by atoms with Crippen LogP contribution in [0.25, 0.3) is 5.70 Å². The molecule has 0 spiro atoms. The highest BCUT2D eigenvalue weighted by molar-refractivity contribution is 7.99. The molecule has 1 heterocycles. The molecular weight excluding hydrogens is 611 g/mol. The molecule has 0 aliphatic heterocycles. The smallest absolute Gasteiger partial charge is 0.320 e. The Kier molecular flexibility index (Phi) is 9.86. The van der Waals surface area contributed by atoms with Crippen LogP contribution in [0.15, 0.2) is 83.1 Å². The molecular formula is C32H40N7O4S2+. The van der Waals surface area contributed by atoms with Gasteiger partial charge >= 0.3 is 5.16 Å². The number of anilines is 3. The molecule has 7 N–H and O–H groups in total. The van der Waals surface area contributed by atoms with Crippen molar-refractivity contribution in [2.45, 2.75) is 43.2 Å². The molecule has 0 saturated carbocycles. The number of hydrazine groups is 1. The first-order chi connectivity index (χ1) is 21.1. The number of sulfonamides is 1. The summed E-state index contributed by atoms with van der Waals surface area (Å²) in [6.45, 7) is 7.85. The lowest BCUT2D eigenvalue weighted by Crippen LogP contribution is -2.35. The van der Waals surface area contributed by atoms with Crippen LogP contribution in [0.4, 0.5) is 17.1 Å². The lowest BCUT2D eigenvalue weighted by atomic mass is 9.86. The molecule has 0 radical (unpaired) electrons. The van der Waals surface area contributed by atoms with E-state index in [1.165, 1.54) is 12.1 Å². The largest absolute Gasteiger partial charge is 0.492 e. The first-order valence-corrected chi connectivity index (χ1v) is 16.7. The zero-order valence-electron chi connectivity index (χ0n) is 26.4. The fourth-order valence-corrected chi connectivity index (χ4v) is 5.99.